The SMILES string of the molecule is CCC(=O)Nc1ccnc(Cl)c1[N+](=O)[O-]. The summed E-state index contributed by atoms with van der Waals surface area (Å²) < 4.78 is 0. The average molecular weight is 230 g/mol. The van der Waals surface area contributed by atoms with Crippen LogP contribution in [-0.2, 0) is 4.79 Å². The van der Waals surface area contributed by atoms with Crippen molar-refractivity contribution in [3.63, 3.8) is 0 Å². The molecule has 0 aliphatic rings. The van der Waals surface area contributed by atoms with Crippen molar-refractivity contribution in [2.45, 2.75) is 13.3 Å². The zero-order valence-electron chi connectivity index (χ0n) is 7.86. The molecular formula is C8H8ClN3O3. The number of halogens is 1. The summed E-state index contributed by atoms with van der Waals surface area (Å²) in [5.41, 5.74) is -0.326. The van der Waals surface area contributed by atoms with E-state index in [1.54, 1.807) is 6.92 Å². The van der Waals surface area contributed by atoms with Crippen LogP contribution >= 0.6 is 11.6 Å². The first-order valence-corrected chi connectivity index (χ1v) is 4.52. The molecule has 0 aromatic carbocycles. The highest BCUT2D eigenvalue weighted by atomic mass is 35.5. The Balaban J connectivity index is 3.11. The van der Waals surface area contributed by atoms with E-state index in [9.17, 15) is 14.9 Å². The number of hydrogen-bond donors (Lipinski definition) is 1. The molecule has 15 heavy (non-hydrogen) atoms. The van der Waals surface area contributed by atoms with Crippen molar-refractivity contribution < 1.29 is 9.72 Å². The maximum absolute atomic E-state index is 11.1. The zero-order chi connectivity index (χ0) is 11.4. The molecule has 7 heteroatoms. The Morgan fingerprint density at radius 1 is 1.73 bits per heavy atom. The van der Waals surface area contributed by atoms with Crippen molar-refractivity contribution in [2.75, 3.05) is 5.32 Å². The quantitative estimate of drug-likeness (QED) is 0.488. The van der Waals surface area contributed by atoms with Crippen LogP contribution in [0.4, 0.5) is 11.4 Å². The van der Waals surface area contributed by atoms with Crippen molar-refractivity contribution >= 4 is 28.9 Å². The Morgan fingerprint density at radius 2 is 2.40 bits per heavy atom. The smallest absolute Gasteiger partial charge is 0.320 e. The number of anilines is 1. The number of nitrogens with zero attached hydrogens (tertiary/aromatic N) is 2. The van der Waals surface area contributed by atoms with E-state index in [2.05, 4.69) is 10.3 Å². The maximum Gasteiger partial charge on any atom is 0.329 e. The van der Waals surface area contributed by atoms with Crippen LogP contribution in [0.5, 0.6) is 0 Å². The molecule has 0 aliphatic carbocycles. The van der Waals surface area contributed by atoms with E-state index in [0.717, 1.165) is 0 Å². The standard InChI is InChI=1S/C8H8ClN3O3/c1-2-6(13)11-5-3-4-10-8(9)7(5)12(14)15/h3-4H,2H2,1H3,(H,10,11,13). The van der Waals surface area contributed by atoms with Gasteiger partial charge in [-0.05, 0) is 6.07 Å². The van der Waals surface area contributed by atoms with E-state index in [0.29, 0.717) is 0 Å². The van der Waals surface area contributed by atoms with Crippen LogP contribution < -0.4 is 5.32 Å². The molecule has 0 bridgehead atoms. The van der Waals surface area contributed by atoms with Crippen molar-refractivity contribution in [1.29, 1.82) is 0 Å². The molecule has 0 atom stereocenters. The van der Waals surface area contributed by atoms with Crippen LogP contribution in [0.1, 0.15) is 13.3 Å². The third kappa shape index (κ3) is 2.63. The molecule has 0 saturated heterocycles. The number of hydrogen-bond acceptors (Lipinski definition) is 4. The molecule has 0 spiro atoms. The fourth-order valence-electron chi connectivity index (χ4n) is 0.942. The summed E-state index contributed by atoms with van der Waals surface area (Å²) in [4.78, 5) is 24.6. The monoisotopic (exact) mass is 229 g/mol. The van der Waals surface area contributed by atoms with Gasteiger partial charge in [0.15, 0.2) is 0 Å². The lowest BCUT2D eigenvalue weighted by Crippen LogP contribution is -2.11. The van der Waals surface area contributed by atoms with Gasteiger partial charge < -0.3 is 5.32 Å². The van der Waals surface area contributed by atoms with Crippen LogP contribution in [0.2, 0.25) is 5.15 Å². The second-order valence-corrected chi connectivity index (χ2v) is 3.01. The number of amides is 1. The summed E-state index contributed by atoms with van der Waals surface area (Å²) in [6.07, 6.45) is 1.53. The van der Waals surface area contributed by atoms with Crippen molar-refractivity contribution in [1.82, 2.24) is 4.98 Å². The average Bonchev–Trinajstić information content (AvgIpc) is 2.17. The molecule has 1 N–H and O–H groups in total. The summed E-state index contributed by atoms with van der Waals surface area (Å²) in [5.74, 6) is -0.319. The number of rotatable bonds is 3. The zero-order valence-corrected chi connectivity index (χ0v) is 8.61. The first kappa shape index (κ1) is 11.4. The number of nitro groups is 1. The number of carbonyl (C=O) groups excluding carboxylic acids is 1. The van der Waals surface area contributed by atoms with Gasteiger partial charge in [0.2, 0.25) is 11.1 Å². The molecule has 6 nitrogen and oxygen atoms in total. The molecule has 0 fully saturated rings. The number of pyridine rings is 1. The summed E-state index contributed by atoms with van der Waals surface area (Å²) in [7, 11) is 0. The summed E-state index contributed by atoms with van der Waals surface area (Å²) in [6, 6.07) is 1.33. The number of nitrogens with one attached hydrogen (secondary N) is 1. The topological polar surface area (TPSA) is 85.1 Å². The maximum atomic E-state index is 11.1. The van der Waals surface area contributed by atoms with Gasteiger partial charge >= 0.3 is 5.69 Å². The van der Waals surface area contributed by atoms with Crippen molar-refractivity contribution in [2.24, 2.45) is 0 Å². The van der Waals surface area contributed by atoms with Crippen molar-refractivity contribution in [3.8, 4) is 0 Å². The Morgan fingerprint density at radius 3 is 2.93 bits per heavy atom. The van der Waals surface area contributed by atoms with Gasteiger partial charge in [0.1, 0.15) is 5.69 Å². The van der Waals surface area contributed by atoms with Crippen LogP contribution in [0.25, 0.3) is 0 Å². The Kier molecular flexibility index (Phi) is 3.56. The molecule has 0 unspecified atom stereocenters. The van der Waals surface area contributed by atoms with Gasteiger partial charge in [-0.15, -0.1) is 0 Å². The third-order valence-corrected chi connectivity index (χ3v) is 1.93. The van der Waals surface area contributed by atoms with E-state index >= 15 is 0 Å². The Bertz CT molecular complexity index is 408. The highest BCUT2D eigenvalue weighted by Crippen LogP contribution is 2.30. The third-order valence-electron chi connectivity index (χ3n) is 1.66. The molecule has 0 saturated carbocycles. The lowest BCUT2D eigenvalue weighted by molar-refractivity contribution is -0.384. The molecule has 1 amide bonds. The predicted octanol–water partition coefficient (Wildman–Crippen LogP) is 1.99. The van der Waals surface area contributed by atoms with Crippen LogP contribution in [0.3, 0.4) is 0 Å². The second-order valence-electron chi connectivity index (χ2n) is 2.66. The first-order valence-electron chi connectivity index (χ1n) is 4.15. The molecule has 1 aromatic rings. The summed E-state index contributed by atoms with van der Waals surface area (Å²) in [5, 5.41) is 12.8. The van der Waals surface area contributed by atoms with E-state index < -0.39 is 4.92 Å². The second kappa shape index (κ2) is 4.70. The minimum atomic E-state index is -0.680. The van der Waals surface area contributed by atoms with Gasteiger partial charge in [-0.3, -0.25) is 14.9 Å². The highest BCUT2D eigenvalue weighted by Gasteiger charge is 2.20. The normalized spacial score (nSPS) is 9.73. The van der Waals surface area contributed by atoms with Gasteiger partial charge in [0.25, 0.3) is 0 Å². The van der Waals surface area contributed by atoms with Gasteiger partial charge in [-0.1, -0.05) is 18.5 Å². The van der Waals surface area contributed by atoms with Gasteiger partial charge in [-0.2, -0.15) is 0 Å². The molecular weight excluding hydrogens is 222 g/mol. The molecule has 1 rings (SSSR count). The molecule has 0 radical (unpaired) electrons. The largest absolute Gasteiger partial charge is 0.329 e. The highest BCUT2D eigenvalue weighted by molar-refractivity contribution is 6.32. The summed E-state index contributed by atoms with van der Waals surface area (Å²) >= 11 is 5.55. The Hall–Kier alpha value is -1.69. The first-order chi connectivity index (χ1) is 7.06. The minimum Gasteiger partial charge on any atom is -0.320 e. The van der Waals surface area contributed by atoms with Crippen molar-refractivity contribution in [3.05, 3.63) is 27.5 Å². The Labute approximate surface area is 90.4 Å². The van der Waals surface area contributed by atoms with E-state index in [1.807, 2.05) is 0 Å². The molecule has 80 valence electrons. The van der Waals surface area contributed by atoms with E-state index in [-0.39, 0.29) is 28.9 Å². The van der Waals surface area contributed by atoms with Crippen LogP contribution in [-0.4, -0.2) is 15.8 Å². The van der Waals surface area contributed by atoms with Gasteiger partial charge in [0.05, 0.1) is 4.92 Å². The molecule has 1 aromatic heterocycles. The lowest BCUT2D eigenvalue weighted by Gasteiger charge is -2.04. The summed E-state index contributed by atoms with van der Waals surface area (Å²) in [6.45, 7) is 1.64. The molecule has 0 aliphatic heterocycles. The number of carbonyl (C=O) groups is 1. The van der Waals surface area contributed by atoms with E-state index in [1.165, 1.54) is 12.3 Å². The predicted molar refractivity (Wildman–Crippen MR) is 54.8 cm³/mol. The lowest BCUT2D eigenvalue weighted by atomic mass is 10.3. The van der Waals surface area contributed by atoms with Crippen LogP contribution in [0, 0.1) is 10.1 Å². The number of aromatic nitrogens is 1. The van der Waals surface area contributed by atoms with Gasteiger partial charge in [0, 0.05) is 12.6 Å². The van der Waals surface area contributed by atoms with E-state index in [4.69, 9.17) is 11.6 Å². The minimum absolute atomic E-state index is 0.0619. The fourth-order valence-corrected chi connectivity index (χ4v) is 1.17. The fraction of sp³-hybridized carbons (Fsp3) is 0.250. The molecule has 1 heterocycles. The van der Waals surface area contributed by atoms with Gasteiger partial charge in [-0.25, -0.2) is 4.98 Å². The van der Waals surface area contributed by atoms with Crippen LogP contribution in [0.15, 0.2) is 12.3 Å².